The van der Waals surface area contributed by atoms with Gasteiger partial charge in [-0.05, 0) is 34.6 Å². The quantitative estimate of drug-likeness (QED) is 0.780. The Labute approximate surface area is 151 Å². The van der Waals surface area contributed by atoms with Gasteiger partial charge >= 0.3 is 6.03 Å². The molecule has 0 aliphatic rings. The molecule has 0 fully saturated rings. The van der Waals surface area contributed by atoms with Crippen molar-refractivity contribution in [2.75, 3.05) is 5.32 Å². The van der Waals surface area contributed by atoms with Crippen LogP contribution in [0.15, 0.2) is 24.3 Å². The van der Waals surface area contributed by atoms with Crippen LogP contribution in [0.1, 0.15) is 33.3 Å². The van der Waals surface area contributed by atoms with Gasteiger partial charge in [0, 0.05) is 11.1 Å². The van der Waals surface area contributed by atoms with Crippen molar-refractivity contribution in [3.05, 3.63) is 29.8 Å². The number of carbonyl (C=O) groups excluding carboxylic acids is 2. The topological polar surface area (TPSA) is 96.0 Å². The molecule has 0 aliphatic carbocycles. The Kier molecular flexibility index (Phi) is 5.73. The molecule has 1 heterocycles. The summed E-state index contributed by atoms with van der Waals surface area (Å²) in [5.41, 5.74) is 1.73. The van der Waals surface area contributed by atoms with Gasteiger partial charge in [-0.2, -0.15) is 0 Å². The van der Waals surface area contributed by atoms with Crippen LogP contribution in [0, 0.1) is 6.92 Å². The number of carbonyl (C=O) groups is 2. The molecule has 0 unspecified atom stereocenters. The first-order chi connectivity index (χ1) is 11.6. The molecule has 8 heteroatoms. The van der Waals surface area contributed by atoms with Crippen molar-refractivity contribution in [3.8, 4) is 10.6 Å². The molecule has 0 saturated heterocycles. The third-order valence-corrected chi connectivity index (χ3v) is 4.07. The summed E-state index contributed by atoms with van der Waals surface area (Å²) in [7, 11) is 0. The summed E-state index contributed by atoms with van der Waals surface area (Å²) < 4.78 is 0. The van der Waals surface area contributed by atoms with Crippen LogP contribution in [0.25, 0.3) is 10.6 Å². The van der Waals surface area contributed by atoms with Crippen molar-refractivity contribution in [1.29, 1.82) is 0 Å². The minimum atomic E-state index is -0.700. The van der Waals surface area contributed by atoms with Gasteiger partial charge < -0.3 is 10.6 Å². The molecular weight excluding hydrogens is 338 g/mol. The molecule has 0 aliphatic heterocycles. The van der Waals surface area contributed by atoms with E-state index in [0.717, 1.165) is 16.1 Å². The van der Waals surface area contributed by atoms with Crippen LogP contribution in [0.4, 0.5) is 9.93 Å². The van der Waals surface area contributed by atoms with E-state index in [9.17, 15) is 9.59 Å². The van der Waals surface area contributed by atoms with E-state index < -0.39 is 12.1 Å². The van der Waals surface area contributed by atoms with Crippen molar-refractivity contribution in [3.63, 3.8) is 0 Å². The molecule has 1 atom stereocenters. The summed E-state index contributed by atoms with van der Waals surface area (Å²) >= 11 is 1.28. The van der Waals surface area contributed by atoms with E-state index in [4.69, 9.17) is 0 Å². The van der Waals surface area contributed by atoms with E-state index in [1.165, 1.54) is 11.3 Å². The number of hydrogen-bond donors (Lipinski definition) is 3. The second-order valence-corrected chi connectivity index (χ2v) is 7.82. The van der Waals surface area contributed by atoms with Crippen LogP contribution in [0.5, 0.6) is 0 Å². The lowest BCUT2D eigenvalue weighted by molar-refractivity contribution is -0.117. The van der Waals surface area contributed by atoms with Crippen LogP contribution in [0.3, 0.4) is 0 Å². The molecule has 25 heavy (non-hydrogen) atoms. The summed E-state index contributed by atoms with van der Waals surface area (Å²) in [4.78, 5) is 24.0. The first-order valence-corrected chi connectivity index (χ1v) is 8.76. The maximum absolute atomic E-state index is 12.2. The minimum Gasteiger partial charge on any atom is -0.334 e. The van der Waals surface area contributed by atoms with Crippen molar-refractivity contribution >= 4 is 28.4 Å². The number of hydrogen-bond acceptors (Lipinski definition) is 5. The maximum atomic E-state index is 12.2. The summed E-state index contributed by atoms with van der Waals surface area (Å²) in [5.74, 6) is -0.351. The first-order valence-electron chi connectivity index (χ1n) is 7.94. The second-order valence-electron chi connectivity index (χ2n) is 6.84. The fourth-order valence-electron chi connectivity index (χ4n) is 1.94. The number of amides is 3. The highest BCUT2D eigenvalue weighted by Gasteiger charge is 2.20. The highest BCUT2D eigenvalue weighted by Crippen LogP contribution is 2.26. The Morgan fingerprint density at radius 1 is 1.12 bits per heavy atom. The average molecular weight is 361 g/mol. The number of aryl methyl sites for hydroxylation is 1. The molecule has 3 N–H and O–H groups in total. The molecule has 3 amide bonds. The highest BCUT2D eigenvalue weighted by atomic mass is 32.1. The van der Waals surface area contributed by atoms with Crippen molar-refractivity contribution in [1.82, 2.24) is 20.8 Å². The van der Waals surface area contributed by atoms with Gasteiger partial charge in [-0.15, -0.1) is 10.2 Å². The average Bonchev–Trinajstić information content (AvgIpc) is 2.94. The molecule has 2 rings (SSSR count). The minimum absolute atomic E-state index is 0.351. The van der Waals surface area contributed by atoms with E-state index in [-0.39, 0.29) is 11.4 Å². The Balaban J connectivity index is 1.94. The summed E-state index contributed by atoms with van der Waals surface area (Å²) in [6.07, 6.45) is 0. The zero-order valence-corrected chi connectivity index (χ0v) is 15.8. The largest absolute Gasteiger partial charge is 0.334 e. The number of anilines is 1. The predicted octanol–water partition coefficient (Wildman–Crippen LogP) is 2.94. The number of nitrogens with one attached hydrogen (secondary N) is 3. The van der Waals surface area contributed by atoms with Gasteiger partial charge in [0.2, 0.25) is 11.0 Å². The van der Waals surface area contributed by atoms with Crippen LogP contribution >= 0.6 is 11.3 Å². The fraction of sp³-hybridized carbons (Fsp3) is 0.412. The Hall–Kier alpha value is -2.48. The number of benzene rings is 1. The maximum Gasteiger partial charge on any atom is 0.315 e. The lowest BCUT2D eigenvalue weighted by Gasteiger charge is -2.22. The lowest BCUT2D eigenvalue weighted by Crippen LogP contribution is -2.51. The van der Waals surface area contributed by atoms with Crippen LogP contribution < -0.4 is 16.0 Å². The van der Waals surface area contributed by atoms with E-state index in [1.807, 2.05) is 52.0 Å². The summed E-state index contributed by atoms with van der Waals surface area (Å²) in [6.45, 7) is 9.22. The van der Waals surface area contributed by atoms with Gasteiger partial charge in [0.25, 0.3) is 0 Å². The standard InChI is InChI=1S/C17H23N5O2S/c1-10-6-8-12(9-7-10)14-21-22-16(25-14)19-13(23)11(2)18-15(24)20-17(3,4)5/h6-9,11H,1-5H3,(H2,18,20,24)(H,19,22,23)/t11-/m1/s1. The van der Waals surface area contributed by atoms with Crippen LogP contribution in [-0.4, -0.2) is 33.7 Å². The van der Waals surface area contributed by atoms with E-state index in [2.05, 4.69) is 26.1 Å². The van der Waals surface area contributed by atoms with Crippen LogP contribution in [0.2, 0.25) is 0 Å². The molecule has 0 bridgehead atoms. The van der Waals surface area contributed by atoms with Crippen LogP contribution in [-0.2, 0) is 4.79 Å². The van der Waals surface area contributed by atoms with Gasteiger partial charge in [-0.1, -0.05) is 41.2 Å². The highest BCUT2D eigenvalue weighted by molar-refractivity contribution is 7.18. The predicted molar refractivity (Wildman–Crippen MR) is 99.6 cm³/mol. The van der Waals surface area contributed by atoms with Crippen molar-refractivity contribution in [2.24, 2.45) is 0 Å². The normalized spacial score (nSPS) is 12.4. The molecule has 0 saturated carbocycles. The van der Waals surface area contributed by atoms with Gasteiger partial charge in [-0.25, -0.2) is 4.79 Å². The molecule has 7 nitrogen and oxygen atoms in total. The zero-order valence-electron chi connectivity index (χ0n) is 15.0. The Bertz CT molecular complexity index is 749. The van der Waals surface area contributed by atoms with E-state index in [1.54, 1.807) is 6.92 Å². The van der Waals surface area contributed by atoms with Gasteiger partial charge in [0.1, 0.15) is 11.0 Å². The zero-order chi connectivity index (χ0) is 18.6. The van der Waals surface area contributed by atoms with Gasteiger partial charge in [0.05, 0.1) is 0 Å². The summed E-state index contributed by atoms with van der Waals surface area (Å²) in [5, 5.41) is 17.2. The number of aromatic nitrogens is 2. The molecule has 134 valence electrons. The Morgan fingerprint density at radius 3 is 2.36 bits per heavy atom. The molecular formula is C17H23N5O2S. The lowest BCUT2D eigenvalue weighted by atomic mass is 10.1. The smallest absolute Gasteiger partial charge is 0.315 e. The molecule has 2 aromatic rings. The third kappa shape index (κ3) is 5.82. The monoisotopic (exact) mass is 361 g/mol. The number of urea groups is 1. The summed E-state index contributed by atoms with van der Waals surface area (Å²) in [6, 6.07) is 6.82. The number of nitrogens with zero attached hydrogens (tertiary/aromatic N) is 2. The van der Waals surface area contributed by atoms with Gasteiger partial charge in [-0.3, -0.25) is 10.1 Å². The van der Waals surface area contributed by atoms with E-state index in [0.29, 0.717) is 5.13 Å². The molecule has 0 radical (unpaired) electrons. The fourth-order valence-corrected chi connectivity index (χ4v) is 2.69. The van der Waals surface area contributed by atoms with Crippen molar-refractivity contribution in [2.45, 2.75) is 46.2 Å². The third-order valence-electron chi connectivity index (χ3n) is 3.18. The SMILES string of the molecule is Cc1ccc(-c2nnc(NC(=O)[C@@H](C)NC(=O)NC(C)(C)C)s2)cc1. The van der Waals surface area contributed by atoms with Gasteiger partial charge in [0.15, 0.2) is 0 Å². The van der Waals surface area contributed by atoms with E-state index >= 15 is 0 Å². The second kappa shape index (κ2) is 7.60. The Morgan fingerprint density at radius 2 is 1.76 bits per heavy atom. The first kappa shape index (κ1) is 18.9. The molecule has 1 aromatic carbocycles. The van der Waals surface area contributed by atoms with Crippen molar-refractivity contribution < 1.29 is 9.59 Å². The number of rotatable bonds is 4. The molecule has 1 aromatic heterocycles. The molecule has 0 spiro atoms.